The molecule has 5 rings (SSSR count). The molecule has 0 bridgehead atoms. The fraction of sp³-hybridized carbons (Fsp3) is 0.105. The molecule has 0 unspecified atom stereocenters. The number of rotatable bonds is 3. The number of hydrogen-bond acceptors (Lipinski definition) is 5. The van der Waals surface area contributed by atoms with Gasteiger partial charge in [0.15, 0.2) is 11.5 Å². The van der Waals surface area contributed by atoms with Crippen LogP contribution < -0.4 is 14.8 Å². The van der Waals surface area contributed by atoms with Crippen molar-refractivity contribution in [1.82, 2.24) is 9.97 Å². The SMILES string of the molecule is c1cc2[nH]c(-c3ccsc3)cc2c(Nc2ccc3c(c2)OCCO3)n1. The molecule has 1 aromatic carbocycles. The number of ether oxygens (including phenoxy) is 2. The van der Waals surface area contributed by atoms with Crippen molar-refractivity contribution in [3.05, 3.63) is 53.4 Å². The Morgan fingerprint density at radius 1 is 1.04 bits per heavy atom. The van der Waals surface area contributed by atoms with Crippen LogP contribution in [0.25, 0.3) is 22.2 Å². The third-order valence-electron chi connectivity index (χ3n) is 4.19. The Hall–Kier alpha value is -2.99. The van der Waals surface area contributed by atoms with Crippen molar-refractivity contribution in [1.29, 1.82) is 0 Å². The van der Waals surface area contributed by atoms with Crippen molar-refractivity contribution >= 4 is 33.7 Å². The standard InChI is InChI=1S/C19H15N3O2S/c1-2-17-18(24-7-6-23-17)9-13(1)21-19-14-10-16(12-4-8-25-11-12)22-15(14)3-5-20-19/h1-5,8-11,22H,6-7H2,(H,20,21). The van der Waals surface area contributed by atoms with Crippen molar-refractivity contribution in [2.45, 2.75) is 0 Å². The second-order valence-electron chi connectivity index (χ2n) is 5.80. The molecule has 0 amide bonds. The van der Waals surface area contributed by atoms with Gasteiger partial charge < -0.3 is 19.8 Å². The summed E-state index contributed by atoms with van der Waals surface area (Å²) in [4.78, 5) is 7.96. The average molecular weight is 349 g/mol. The Labute approximate surface area is 148 Å². The highest BCUT2D eigenvalue weighted by Crippen LogP contribution is 2.35. The Morgan fingerprint density at radius 2 is 1.96 bits per heavy atom. The first-order valence-corrected chi connectivity index (χ1v) is 8.98. The second-order valence-corrected chi connectivity index (χ2v) is 6.58. The van der Waals surface area contributed by atoms with E-state index in [0.29, 0.717) is 13.2 Å². The predicted molar refractivity (Wildman–Crippen MR) is 100 cm³/mol. The lowest BCUT2D eigenvalue weighted by molar-refractivity contribution is 0.171. The van der Waals surface area contributed by atoms with Crippen LogP contribution in [0.5, 0.6) is 11.5 Å². The lowest BCUT2D eigenvalue weighted by Crippen LogP contribution is -2.15. The molecule has 124 valence electrons. The molecule has 4 aromatic rings. The fourth-order valence-corrected chi connectivity index (χ4v) is 3.64. The van der Waals surface area contributed by atoms with Gasteiger partial charge in [0.2, 0.25) is 0 Å². The van der Waals surface area contributed by atoms with E-state index in [1.807, 2.05) is 24.3 Å². The number of H-pyrrole nitrogens is 1. The maximum Gasteiger partial charge on any atom is 0.163 e. The van der Waals surface area contributed by atoms with Crippen LogP contribution in [0.1, 0.15) is 0 Å². The molecule has 0 atom stereocenters. The molecule has 0 saturated heterocycles. The number of fused-ring (bicyclic) bond motifs is 2. The summed E-state index contributed by atoms with van der Waals surface area (Å²) in [5.74, 6) is 2.35. The highest BCUT2D eigenvalue weighted by Gasteiger charge is 2.13. The Morgan fingerprint density at radius 3 is 2.84 bits per heavy atom. The Bertz CT molecular complexity index is 1040. The molecule has 0 spiro atoms. The highest BCUT2D eigenvalue weighted by atomic mass is 32.1. The van der Waals surface area contributed by atoms with E-state index in [4.69, 9.17) is 9.47 Å². The lowest BCUT2D eigenvalue weighted by Gasteiger charge is -2.19. The highest BCUT2D eigenvalue weighted by molar-refractivity contribution is 7.08. The van der Waals surface area contributed by atoms with Gasteiger partial charge >= 0.3 is 0 Å². The van der Waals surface area contributed by atoms with E-state index in [2.05, 4.69) is 38.2 Å². The van der Waals surface area contributed by atoms with Crippen LogP contribution in [0, 0.1) is 0 Å². The van der Waals surface area contributed by atoms with Crippen molar-refractivity contribution in [2.24, 2.45) is 0 Å². The minimum Gasteiger partial charge on any atom is -0.486 e. The third-order valence-corrected chi connectivity index (χ3v) is 4.87. The average Bonchev–Trinajstić information content (AvgIpc) is 3.31. The first kappa shape index (κ1) is 14.4. The predicted octanol–water partition coefficient (Wildman–Crippen LogP) is 4.81. The molecule has 0 aliphatic carbocycles. The molecule has 3 aromatic heterocycles. The summed E-state index contributed by atoms with van der Waals surface area (Å²) in [6.45, 7) is 1.17. The van der Waals surface area contributed by atoms with Crippen LogP contribution >= 0.6 is 11.3 Å². The molecule has 1 aliphatic heterocycles. The van der Waals surface area contributed by atoms with Gasteiger partial charge in [-0.2, -0.15) is 11.3 Å². The van der Waals surface area contributed by atoms with E-state index in [-0.39, 0.29) is 0 Å². The first-order valence-electron chi connectivity index (χ1n) is 8.04. The van der Waals surface area contributed by atoms with E-state index in [9.17, 15) is 0 Å². The van der Waals surface area contributed by atoms with Crippen LogP contribution in [0.15, 0.2) is 53.4 Å². The molecular formula is C19H15N3O2S. The maximum absolute atomic E-state index is 5.65. The second kappa shape index (κ2) is 5.82. The topological polar surface area (TPSA) is 59.2 Å². The quantitative estimate of drug-likeness (QED) is 0.557. The monoisotopic (exact) mass is 349 g/mol. The fourth-order valence-electron chi connectivity index (χ4n) is 2.98. The summed E-state index contributed by atoms with van der Waals surface area (Å²) in [5, 5.41) is 8.65. The summed E-state index contributed by atoms with van der Waals surface area (Å²) in [7, 11) is 0. The Kier molecular flexibility index (Phi) is 3.34. The van der Waals surface area contributed by atoms with Crippen LogP contribution in [-0.2, 0) is 0 Å². The third kappa shape index (κ3) is 2.60. The van der Waals surface area contributed by atoms with Crippen LogP contribution in [0.2, 0.25) is 0 Å². The van der Waals surface area contributed by atoms with E-state index in [0.717, 1.165) is 39.6 Å². The van der Waals surface area contributed by atoms with E-state index >= 15 is 0 Å². The molecule has 0 radical (unpaired) electrons. The van der Waals surface area contributed by atoms with Crippen LogP contribution in [0.3, 0.4) is 0 Å². The number of anilines is 2. The van der Waals surface area contributed by atoms with Gasteiger partial charge in [0.1, 0.15) is 19.0 Å². The van der Waals surface area contributed by atoms with Crippen molar-refractivity contribution in [2.75, 3.05) is 18.5 Å². The molecule has 25 heavy (non-hydrogen) atoms. The minimum atomic E-state index is 0.575. The zero-order chi connectivity index (χ0) is 16.6. The zero-order valence-electron chi connectivity index (χ0n) is 13.3. The zero-order valence-corrected chi connectivity index (χ0v) is 14.1. The first-order chi connectivity index (χ1) is 12.4. The molecule has 6 heteroatoms. The number of hydrogen-bond donors (Lipinski definition) is 2. The largest absolute Gasteiger partial charge is 0.486 e. The molecule has 2 N–H and O–H groups in total. The number of thiophene rings is 1. The normalized spacial score (nSPS) is 13.1. The number of aromatic nitrogens is 2. The van der Waals surface area contributed by atoms with Crippen molar-refractivity contribution in [3.8, 4) is 22.8 Å². The van der Waals surface area contributed by atoms with E-state index in [1.54, 1.807) is 17.5 Å². The van der Waals surface area contributed by atoms with Gasteiger partial charge in [-0.3, -0.25) is 0 Å². The molecule has 0 fully saturated rings. The summed E-state index contributed by atoms with van der Waals surface area (Å²) in [5.41, 5.74) is 4.25. The smallest absolute Gasteiger partial charge is 0.163 e. The molecular weight excluding hydrogens is 334 g/mol. The minimum absolute atomic E-state index is 0.575. The molecule has 5 nitrogen and oxygen atoms in total. The number of nitrogens with one attached hydrogen (secondary N) is 2. The lowest BCUT2D eigenvalue weighted by atomic mass is 10.2. The van der Waals surface area contributed by atoms with E-state index < -0.39 is 0 Å². The van der Waals surface area contributed by atoms with E-state index in [1.165, 1.54) is 5.56 Å². The maximum atomic E-state index is 5.65. The van der Waals surface area contributed by atoms with Gasteiger partial charge in [-0.1, -0.05) is 0 Å². The van der Waals surface area contributed by atoms with Gasteiger partial charge in [0.05, 0.1) is 5.52 Å². The van der Waals surface area contributed by atoms with Gasteiger partial charge in [-0.25, -0.2) is 4.98 Å². The number of pyridine rings is 1. The number of nitrogens with zero attached hydrogens (tertiary/aromatic N) is 1. The van der Waals surface area contributed by atoms with Gasteiger partial charge in [-0.15, -0.1) is 0 Å². The summed E-state index contributed by atoms with van der Waals surface area (Å²) < 4.78 is 11.2. The number of aromatic amines is 1. The molecule has 1 aliphatic rings. The van der Waals surface area contributed by atoms with Crippen molar-refractivity contribution < 1.29 is 9.47 Å². The summed E-state index contributed by atoms with van der Waals surface area (Å²) in [6.07, 6.45) is 1.80. The van der Waals surface area contributed by atoms with Gasteiger partial charge in [-0.05, 0) is 35.7 Å². The number of benzene rings is 1. The van der Waals surface area contributed by atoms with Crippen LogP contribution in [-0.4, -0.2) is 23.2 Å². The summed E-state index contributed by atoms with van der Waals surface area (Å²) in [6, 6.07) is 12.1. The van der Waals surface area contributed by atoms with Crippen LogP contribution in [0.4, 0.5) is 11.5 Å². The molecule has 4 heterocycles. The van der Waals surface area contributed by atoms with Crippen molar-refractivity contribution in [3.63, 3.8) is 0 Å². The Balaban J connectivity index is 1.52. The van der Waals surface area contributed by atoms with Gasteiger partial charge in [0.25, 0.3) is 0 Å². The van der Waals surface area contributed by atoms with Gasteiger partial charge in [0, 0.05) is 40.0 Å². The summed E-state index contributed by atoms with van der Waals surface area (Å²) >= 11 is 1.69. The molecule has 0 saturated carbocycles.